The second-order valence-corrected chi connectivity index (χ2v) is 5.49. The number of hydrogen-bond acceptors (Lipinski definition) is 1. The van der Waals surface area contributed by atoms with Gasteiger partial charge in [0.05, 0.1) is 5.60 Å². The zero-order valence-electron chi connectivity index (χ0n) is 10.2. The minimum atomic E-state index is -0.359. The van der Waals surface area contributed by atoms with E-state index in [0.717, 1.165) is 25.2 Å². The summed E-state index contributed by atoms with van der Waals surface area (Å²) < 4.78 is 0. The molecule has 0 bridgehead atoms. The lowest BCUT2D eigenvalue weighted by molar-refractivity contribution is -0.0717. The third kappa shape index (κ3) is 2.50. The highest BCUT2D eigenvalue weighted by atomic mass is 16.3. The van der Waals surface area contributed by atoms with E-state index in [1.165, 1.54) is 12.8 Å². The molecule has 1 rings (SSSR count). The second kappa shape index (κ2) is 4.65. The first-order chi connectivity index (χ1) is 6.49. The van der Waals surface area contributed by atoms with Crippen LogP contribution in [0.4, 0.5) is 0 Å². The van der Waals surface area contributed by atoms with Crippen LogP contribution in [-0.4, -0.2) is 10.7 Å². The largest absolute Gasteiger partial charge is 0.390 e. The van der Waals surface area contributed by atoms with Crippen LogP contribution in [0.25, 0.3) is 0 Å². The molecule has 0 saturated heterocycles. The van der Waals surface area contributed by atoms with Crippen LogP contribution >= 0.6 is 0 Å². The van der Waals surface area contributed by atoms with Gasteiger partial charge in [-0.05, 0) is 43.4 Å². The summed E-state index contributed by atoms with van der Waals surface area (Å²) in [7, 11) is 0. The van der Waals surface area contributed by atoms with Crippen LogP contribution in [-0.2, 0) is 0 Å². The van der Waals surface area contributed by atoms with Gasteiger partial charge in [0.15, 0.2) is 0 Å². The SMILES string of the molecule is CCCC(C)C1(O)CCC(C)C(C)C1. The van der Waals surface area contributed by atoms with Crippen molar-refractivity contribution in [3.8, 4) is 0 Å². The summed E-state index contributed by atoms with van der Waals surface area (Å²) in [5.41, 5.74) is -0.359. The molecule has 0 aromatic heterocycles. The number of rotatable bonds is 3. The van der Waals surface area contributed by atoms with E-state index in [1.807, 2.05) is 0 Å². The molecule has 0 amide bonds. The molecule has 1 N–H and O–H groups in total. The molecule has 0 aromatic rings. The van der Waals surface area contributed by atoms with Crippen LogP contribution in [0.1, 0.15) is 59.8 Å². The molecule has 0 heterocycles. The Labute approximate surface area is 88.9 Å². The van der Waals surface area contributed by atoms with E-state index in [1.54, 1.807) is 0 Å². The summed E-state index contributed by atoms with van der Waals surface area (Å²) in [6.45, 7) is 9.02. The molecular formula is C13H26O. The Bertz CT molecular complexity index is 178. The van der Waals surface area contributed by atoms with Gasteiger partial charge in [-0.3, -0.25) is 0 Å². The van der Waals surface area contributed by atoms with Gasteiger partial charge in [0.2, 0.25) is 0 Å². The van der Waals surface area contributed by atoms with Crippen molar-refractivity contribution in [3.63, 3.8) is 0 Å². The van der Waals surface area contributed by atoms with Gasteiger partial charge < -0.3 is 5.11 Å². The fraction of sp³-hybridized carbons (Fsp3) is 1.00. The lowest BCUT2D eigenvalue weighted by Gasteiger charge is -2.43. The van der Waals surface area contributed by atoms with Crippen molar-refractivity contribution < 1.29 is 5.11 Å². The highest BCUT2D eigenvalue weighted by Gasteiger charge is 2.39. The van der Waals surface area contributed by atoms with Crippen LogP contribution < -0.4 is 0 Å². The summed E-state index contributed by atoms with van der Waals surface area (Å²) in [5.74, 6) is 1.96. The average Bonchev–Trinajstić information content (AvgIpc) is 2.13. The van der Waals surface area contributed by atoms with Crippen molar-refractivity contribution in [1.29, 1.82) is 0 Å². The second-order valence-electron chi connectivity index (χ2n) is 5.49. The van der Waals surface area contributed by atoms with Crippen molar-refractivity contribution in [2.75, 3.05) is 0 Å². The van der Waals surface area contributed by atoms with E-state index in [0.29, 0.717) is 11.8 Å². The Kier molecular flexibility index (Phi) is 4.00. The van der Waals surface area contributed by atoms with Gasteiger partial charge in [0.1, 0.15) is 0 Å². The predicted octanol–water partition coefficient (Wildman–Crippen LogP) is 3.61. The zero-order valence-corrected chi connectivity index (χ0v) is 10.2. The molecule has 4 atom stereocenters. The van der Waals surface area contributed by atoms with Gasteiger partial charge in [-0.2, -0.15) is 0 Å². The Hall–Kier alpha value is -0.0400. The molecule has 1 saturated carbocycles. The standard InChI is InChI=1S/C13H26O/c1-5-6-12(4)13(14)8-7-10(2)11(3)9-13/h10-12,14H,5-9H2,1-4H3. The fourth-order valence-electron chi connectivity index (χ4n) is 2.77. The van der Waals surface area contributed by atoms with E-state index in [-0.39, 0.29) is 5.60 Å². The van der Waals surface area contributed by atoms with Crippen molar-refractivity contribution in [2.45, 2.75) is 65.4 Å². The quantitative estimate of drug-likeness (QED) is 0.734. The molecule has 0 spiro atoms. The van der Waals surface area contributed by atoms with Crippen molar-refractivity contribution in [1.82, 2.24) is 0 Å². The van der Waals surface area contributed by atoms with Gasteiger partial charge in [0.25, 0.3) is 0 Å². The summed E-state index contributed by atoms with van der Waals surface area (Å²) in [5, 5.41) is 10.6. The molecule has 0 aromatic carbocycles. The van der Waals surface area contributed by atoms with Gasteiger partial charge in [-0.1, -0.05) is 34.1 Å². The normalized spacial score (nSPS) is 40.9. The van der Waals surface area contributed by atoms with Crippen LogP contribution in [0, 0.1) is 17.8 Å². The summed E-state index contributed by atoms with van der Waals surface area (Å²) in [6, 6.07) is 0. The first kappa shape index (κ1) is 12.0. The predicted molar refractivity (Wildman–Crippen MR) is 61.2 cm³/mol. The van der Waals surface area contributed by atoms with E-state index in [9.17, 15) is 5.11 Å². The summed E-state index contributed by atoms with van der Waals surface area (Å²) in [6.07, 6.45) is 5.58. The van der Waals surface area contributed by atoms with Crippen LogP contribution in [0.3, 0.4) is 0 Å². The van der Waals surface area contributed by atoms with Gasteiger partial charge in [-0.25, -0.2) is 0 Å². The number of aliphatic hydroxyl groups is 1. The highest BCUT2D eigenvalue weighted by molar-refractivity contribution is 4.91. The maximum absolute atomic E-state index is 10.6. The van der Waals surface area contributed by atoms with Gasteiger partial charge in [-0.15, -0.1) is 0 Å². The molecule has 1 aliphatic rings. The lowest BCUT2D eigenvalue weighted by atomic mass is 9.67. The molecule has 1 aliphatic carbocycles. The van der Waals surface area contributed by atoms with Crippen molar-refractivity contribution in [2.24, 2.45) is 17.8 Å². The van der Waals surface area contributed by atoms with Crippen LogP contribution in [0.5, 0.6) is 0 Å². The Morgan fingerprint density at radius 1 is 1.36 bits per heavy atom. The van der Waals surface area contributed by atoms with Crippen molar-refractivity contribution in [3.05, 3.63) is 0 Å². The Morgan fingerprint density at radius 3 is 2.50 bits per heavy atom. The van der Waals surface area contributed by atoms with E-state index in [2.05, 4.69) is 27.7 Å². The maximum atomic E-state index is 10.6. The molecule has 0 radical (unpaired) electrons. The summed E-state index contributed by atoms with van der Waals surface area (Å²) >= 11 is 0. The first-order valence-corrected chi connectivity index (χ1v) is 6.22. The monoisotopic (exact) mass is 198 g/mol. The maximum Gasteiger partial charge on any atom is 0.0675 e. The van der Waals surface area contributed by atoms with Crippen LogP contribution in [0.15, 0.2) is 0 Å². The fourth-order valence-corrected chi connectivity index (χ4v) is 2.77. The van der Waals surface area contributed by atoms with Crippen LogP contribution in [0.2, 0.25) is 0 Å². The lowest BCUT2D eigenvalue weighted by Crippen LogP contribution is -2.43. The third-order valence-corrected chi connectivity index (χ3v) is 4.32. The number of hydrogen-bond donors (Lipinski definition) is 1. The van der Waals surface area contributed by atoms with Crippen molar-refractivity contribution >= 4 is 0 Å². The van der Waals surface area contributed by atoms with E-state index >= 15 is 0 Å². The molecule has 84 valence electrons. The summed E-state index contributed by atoms with van der Waals surface area (Å²) in [4.78, 5) is 0. The Balaban J connectivity index is 2.57. The zero-order chi connectivity index (χ0) is 10.8. The molecular weight excluding hydrogens is 172 g/mol. The third-order valence-electron chi connectivity index (χ3n) is 4.32. The minimum Gasteiger partial charge on any atom is -0.390 e. The molecule has 1 fully saturated rings. The average molecular weight is 198 g/mol. The van der Waals surface area contributed by atoms with E-state index in [4.69, 9.17) is 0 Å². The van der Waals surface area contributed by atoms with Gasteiger partial charge in [0, 0.05) is 0 Å². The molecule has 0 aliphatic heterocycles. The van der Waals surface area contributed by atoms with E-state index < -0.39 is 0 Å². The highest BCUT2D eigenvalue weighted by Crippen LogP contribution is 2.41. The minimum absolute atomic E-state index is 0.359. The topological polar surface area (TPSA) is 20.2 Å². The Morgan fingerprint density at radius 2 is 2.00 bits per heavy atom. The molecule has 14 heavy (non-hydrogen) atoms. The molecule has 4 unspecified atom stereocenters. The molecule has 1 heteroatoms. The first-order valence-electron chi connectivity index (χ1n) is 6.22. The van der Waals surface area contributed by atoms with Gasteiger partial charge >= 0.3 is 0 Å². The smallest absolute Gasteiger partial charge is 0.0675 e. The molecule has 1 nitrogen and oxygen atoms in total.